The van der Waals surface area contributed by atoms with E-state index >= 15 is 0 Å². The minimum absolute atomic E-state index is 0.294. The van der Waals surface area contributed by atoms with Crippen LogP contribution in [-0.2, 0) is 0 Å². The van der Waals surface area contributed by atoms with E-state index in [0.717, 1.165) is 5.56 Å². The van der Waals surface area contributed by atoms with Gasteiger partial charge >= 0.3 is 0 Å². The molecule has 0 radical (unpaired) electrons. The zero-order valence-electron chi connectivity index (χ0n) is 8.74. The first-order chi connectivity index (χ1) is 7.63. The highest BCUT2D eigenvalue weighted by molar-refractivity contribution is 5.55. The number of aryl methyl sites for hydroxylation is 1. The lowest BCUT2D eigenvalue weighted by Gasteiger charge is -2.05. The van der Waals surface area contributed by atoms with E-state index in [1.807, 2.05) is 13.0 Å². The highest BCUT2D eigenvalue weighted by Gasteiger charge is 2.00. The number of nitrogens with one attached hydrogen (secondary N) is 1. The molecule has 4 nitrogen and oxygen atoms in total. The van der Waals surface area contributed by atoms with Gasteiger partial charge < -0.3 is 11.1 Å². The van der Waals surface area contributed by atoms with Crippen molar-refractivity contribution in [2.45, 2.75) is 6.92 Å². The van der Waals surface area contributed by atoms with Crippen molar-refractivity contribution >= 4 is 17.3 Å². The number of hydrogen-bond donors (Lipinski definition) is 2. The monoisotopic (exact) mass is 218 g/mol. The highest BCUT2D eigenvalue weighted by atomic mass is 19.1. The molecule has 82 valence electrons. The van der Waals surface area contributed by atoms with Crippen LogP contribution in [0.4, 0.5) is 21.7 Å². The van der Waals surface area contributed by atoms with E-state index in [2.05, 4.69) is 15.3 Å². The Hall–Kier alpha value is -2.17. The zero-order valence-corrected chi connectivity index (χ0v) is 8.74. The second-order valence-electron chi connectivity index (χ2n) is 3.48. The largest absolute Gasteiger partial charge is 0.396 e. The van der Waals surface area contributed by atoms with Crippen LogP contribution in [0.15, 0.2) is 30.6 Å². The lowest BCUT2D eigenvalue weighted by molar-refractivity contribution is 0.627. The van der Waals surface area contributed by atoms with Crippen molar-refractivity contribution in [2.24, 2.45) is 0 Å². The summed E-state index contributed by atoms with van der Waals surface area (Å²) >= 11 is 0. The van der Waals surface area contributed by atoms with Crippen molar-refractivity contribution in [1.29, 1.82) is 0 Å². The van der Waals surface area contributed by atoms with Crippen molar-refractivity contribution in [3.63, 3.8) is 0 Å². The number of nitrogen functional groups attached to an aromatic ring is 1. The molecule has 1 aromatic heterocycles. The lowest BCUT2D eigenvalue weighted by atomic mass is 10.2. The molecule has 0 unspecified atom stereocenters. The third-order valence-electron chi connectivity index (χ3n) is 1.97. The van der Waals surface area contributed by atoms with Crippen LogP contribution in [0.1, 0.15) is 5.56 Å². The van der Waals surface area contributed by atoms with Crippen LogP contribution < -0.4 is 11.1 Å². The van der Waals surface area contributed by atoms with Gasteiger partial charge in [-0.05, 0) is 30.7 Å². The summed E-state index contributed by atoms with van der Waals surface area (Å²) in [4.78, 5) is 7.93. The number of nitrogens with zero attached hydrogens (tertiary/aromatic N) is 2. The molecule has 0 amide bonds. The fourth-order valence-corrected chi connectivity index (χ4v) is 1.34. The molecule has 0 saturated carbocycles. The molecule has 5 heteroatoms. The third kappa shape index (κ3) is 2.44. The molecule has 0 aliphatic carbocycles. The van der Waals surface area contributed by atoms with Crippen LogP contribution in [0.5, 0.6) is 0 Å². The van der Waals surface area contributed by atoms with Crippen LogP contribution in [0.3, 0.4) is 0 Å². The van der Waals surface area contributed by atoms with Gasteiger partial charge in [0.25, 0.3) is 0 Å². The van der Waals surface area contributed by atoms with Gasteiger partial charge in [-0.15, -0.1) is 0 Å². The zero-order chi connectivity index (χ0) is 11.5. The normalized spacial score (nSPS) is 10.1. The predicted octanol–water partition coefficient (Wildman–Crippen LogP) is 2.25. The Balaban J connectivity index is 2.23. The van der Waals surface area contributed by atoms with Crippen molar-refractivity contribution in [3.8, 4) is 0 Å². The number of benzene rings is 1. The maximum absolute atomic E-state index is 13.1. The van der Waals surface area contributed by atoms with Gasteiger partial charge in [0.1, 0.15) is 5.82 Å². The molecule has 1 aromatic carbocycles. The number of rotatable bonds is 2. The third-order valence-corrected chi connectivity index (χ3v) is 1.97. The van der Waals surface area contributed by atoms with E-state index < -0.39 is 0 Å². The van der Waals surface area contributed by atoms with Crippen molar-refractivity contribution < 1.29 is 4.39 Å². The van der Waals surface area contributed by atoms with Crippen LogP contribution in [0, 0.1) is 12.7 Å². The fraction of sp³-hybridized carbons (Fsp3) is 0.0909. The molecule has 2 rings (SSSR count). The van der Waals surface area contributed by atoms with Gasteiger partial charge in [-0.3, -0.25) is 0 Å². The van der Waals surface area contributed by atoms with E-state index in [9.17, 15) is 4.39 Å². The maximum Gasteiger partial charge on any atom is 0.227 e. The first kappa shape index (κ1) is 10.4. The highest BCUT2D eigenvalue weighted by Crippen LogP contribution is 2.16. The van der Waals surface area contributed by atoms with Gasteiger partial charge in [0.15, 0.2) is 0 Å². The molecule has 0 aliphatic heterocycles. The van der Waals surface area contributed by atoms with Gasteiger partial charge in [0.05, 0.1) is 18.1 Å². The van der Waals surface area contributed by atoms with E-state index in [0.29, 0.717) is 17.3 Å². The summed E-state index contributed by atoms with van der Waals surface area (Å²) in [5, 5.41) is 2.90. The Kier molecular flexibility index (Phi) is 2.68. The minimum atomic E-state index is -0.294. The molecular weight excluding hydrogens is 207 g/mol. The van der Waals surface area contributed by atoms with Crippen LogP contribution in [0.25, 0.3) is 0 Å². The smallest absolute Gasteiger partial charge is 0.227 e. The summed E-state index contributed by atoms with van der Waals surface area (Å²) in [5.74, 6) is 0.0946. The molecule has 0 aliphatic rings. The van der Waals surface area contributed by atoms with Gasteiger partial charge in [-0.2, -0.15) is 0 Å². The van der Waals surface area contributed by atoms with Gasteiger partial charge in [-0.1, -0.05) is 0 Å². The average molecular weight is 218 g/mol. The Labute approximate surface area is 92.3 Å². The molecule has 0 bridgehead atoms. The van der Waals surface area contributed by atoms with E-state index in [1.165, 1.54) is 24.5 Å². The quantitative estimate of drug-likeness (QED) is 0.811. The molecule has 3 N–H and O–H groups in total. The summed E-state index contributed by atoms with van der Waals surface area (Å²) in [6.45, 7) is 1.82. The minimum Gasteiger partial charge on any atom is -0.396 e. The second-order valence-corrected chi connectivity index (χ2v) is 3.48. The van der Waals surface area contributed by atoms with Gasteiger partial charge in [0.2, 0.25) is 5.95 Å². The Morgan fingerprint density at radius 1 is 1.19 bits per heavy atom. The standard InChI is InChI=1S/C11H11FN4/c1-7-2-8(12)4-10(3-7)16-11-14-5-9(13)6-15-11/h2-6H,13H2,1H3,(H,14,15,16). The summed E-state index contributed by atoms with van der Waals surface area (Å²) in [6, 6.07) is 4.64. The number of anilines is 3. The van der Waals surface area contributed by atoms with Crippen molar-refractivity contribution in [3.05, 3.63) is 42.0 Å². The summed E-state index contributed by atoms with van der Waals surface area (Å²) in [5.41, 5.74) is 7.39. The van der Waals surface area contributed by atoms with Crippen molar-refractivity contribution in [2.75, 3.05) is 11.1 Å². The maximum atomic E-state index is 13.1. The predicted molar refractivity (Wildman–Crippen MR) is 60.9 cm³/mol. The van der Waals surface area contributed by atoms with Gasteiger partial charge in [-0.25, -0.2) is 14.4 Å². The van der Waals surface area contributed by atoms with Crippen molar-refractivity contribution in [1.82, 2.24) is 9.97 Å². The molecule has 0 atom stereocenters. The summed E-state index contributed by atoms with van der Waals surface area (Å²) in [6.07, 6.45) is 2.98. The number of hydrogen-bond acceptors (Lipinski definition) is 4. The van der Waals surface area contributed by atoms with Crippen LogP contribution >= 0.6 is 0 Å². The Morgan fingerprint density at radius 2 is 1.88 bits per heavy atom. The summed E-state index contributed by atoms with van der Waals surface area (Å²) < 4.78 is 13.1. The molecule has 0 spiro atoms. The van der Waals surface area contributed by atoms with Crippen LogP contribution in [-0.4, -0.2) is 9.97 Å². The first-order valence-electron chi connectivity index (χ1n) is 4.75. The number of aromatic nitrogens is 2. The Bertz CT molecular complexity index is 476. The molecule has 16 heavy (non-hydrogen) atoms. The number of halogens is 1. The average Bonchev–Trinajstić information content (AvgIpc) is 2.20. The molecule has 0 saturated heterocycles. The van der Waals surface area contributed by atoms with E-state index in [4.69, 9.17) is 5.73 Å². The van der Waals surface area contributed by atoms with Crippen LogP contribution in [0.2, 0.25) is 0 Å². The number of nitrogens with two attached hydrogens (primary N) is 1. The molecule has 0 fully saturated rings. The first-order valence-corrected chi connectivity index (χ1v) is 4.75. The van der Waals surface area contributed by atoms with E-state index in [-0.39, 0.29) is 5.82 Å². The molecule has 1 heterocycles. The van der Waals surface area contributed by atoms with E-state index in [1.54, 1.807) is 0 Å². The lowest BCUT2D eigenvalue weighted by Crippen LogP contribution is -1.98. The molecule has 2 aromatic rings. The van der Waals surface area contributed by atoms with Gasteiger partial charge in [0, 0.05) is 5.69 Å². The molecular formula is C11H11FN4. The Morgan fingerprint density at radius 3 is 2.50 bits per heavy atom. The second kappa shape index (κ2) is 4.14. The topological polar surface area (TPSA) is 63.8 Å². The SMILES string of the molecule is Cc1cc(F)cc(Nc2ncc(N)cn2)c1. The summed E-state index contributed by atoms with van der Waals surface area (Å²) in [7, 11) is 0. The fourth-order valence-electron chi connectivity index (χ4n) is 1.34.